The number of benzene rings is 3. The van der Waals surface area contributed by atoms with Gasteiger partial charge in [0, 0.05) is 30.0 Å². The van der Waals surface area contributed by atoms with Gasteiger partial charge in [-0.25, -0.2) is 13.2 Å². The first kappa shape index (κ1) is 24.1. The number of hydrogen-bond donors (Lipinski definition) is 3. The van der Waals surface area contributed by atoms with Crippen LogP contribution in [0.25, 0.3) is 0 Å². The van der Waals surface area contributed by atoms with E-state index < -0.39 is 10.0 Å². The van der Waals surface area contributed by atoms with E-state index in [0.29, 0.717) is 28.4 Å². The number of sulfonamides is 1. The van der Waals surface area contributed by atoms with E-state index in [1.165, 1.54) is 38.4 Å². The van der Waals surface area contributed by atoms with E-state index in [0.717, 1.165) is 17.1 Å². The van der Waals surface area contributed by atoms with Crippen LogP contribution in [0.2, 0.25) is 0 Å². The summed E-state index contributed by atoms with van der Waals surface area (Å²) in [6, 6.07) is 19.2. The van der Waals surface area contributed by atoms with Crippen LogP contribution in [-0.2, 0) is 10.0 Å². The molecular weight excluding hydrogens is 468 g/mol. The third-order valence-electron chi connectivity index (χ3n) is 5.51. The Labute approximate surface area is 204 Å². The van der Waals surface area contributed by atoms with Gasteiger partial charge in [-0.05, 0) is 73.5 Å². The minimum absolute atomic E-state index is 0.0438. The van der Waals surface area contributed by atoms with Crippen LogP contribution < -0.4 is 25.0 Å². The molecule has 9 nitrogen and oxygen atoms in total. The number of hydrogen-bond acceptors (Lipinski definition) is 5. The maximum Gasteiger partial charge on any atom is 0.319 e. The molecule has 3 N–H and O–H groups in total. The molecule has 1 aliphatic carbocycles. The normalized spacial score (nSPS) is 13.0. The standard InChI is InChI=1S/C25H26N4O5S/c1-29(22-5-3-4-6-23(22)34-2)35(32,33)21-15-7-17(8-16-21)24(30)26-18-9-11-19(12-10-18)27-25(31)28-20-13-14-20/h3-12,15-16,20H,13-14H2,1-2H3,(H,26,30)(H2,27,28,31). The van der Waals surface area contributed by atoms with E-state index in [1.807, 2.05) is 0 Å². The Balaban J connectivity index is 1.40. The lowest BCUT2D eigenvalue weighted by molar-refractivity contribution is 0.102. The van der Waals surface area contributed by atoms with E-state index in [4.69, 9.17) is 4.74 Å². The predicted molar refractivity (Wildman–Crippen MR) is 135 cm³/mol. The molecule has 0 spiro atoms. The minimum atomic E-state index is -3.86. The molecule has 0 aliphatic heterocycles. The summed E-state index contributed by atoms with van der Waals surface area (Å²) < 4.78 is 32.6. The smallest absolute Gasteiger partial charge is 0.319 e. The van der Waals surface area contributed by atoms with Gasteiger partial charge in [-0.3, -0.25) is 9.10 Å². The van der Waals surface area contributed by atoms with Crippen LogP contribution in [0.5, 0.6) is 5.75 Å². The molecule has 0 bridgehead atoms. The molecule has 35 heavy (non-hydrogen) atoms. The number of methoxy groups -OCH3 is 1. The molecule has 1 fully saturated rings. The molecule has 1 saturated carbocycles. The molecule has 3 aromatic rings. The van der Waals surface area contributed by atoms with E-state index in [9.17, 15) is 18.0 Å². The molecule has 1 aliphatic rings. The predicted octanol–water partition coefficient (Wildman–Crippen LogP) is 4.06. The van der Waals surface area contributed by atoms with Crippen LogP contribution in [-0.4, -0.2) is 40.6 Å². The van der Waals surface area contributed by atoms with Crippen molar-refractivity contribution < 1.29 is 22.7 Å². The van der Waals surface area contributed by atoms with Gasteiger partial charge in [-0.2, -0.15) is 0 Å². The zero-order valence-electron chi connectivity index (χ0n) is 19.3. The van der Waals surface area contributed by atoms with Gasteiger partial charge in [-0.1, -0.05) is 12.1 Å². The number of nitrogens with zero attached hydrogens (tertiary/aromatic N) is 1. The fraction of sp³-hybridized carbons (Fsp3) is 0.200. The van der Waals surface area contributed by atoms with Crippen LogP contribution in [0.15, 0.2) is 77.7 Å². The highest BCUT2D eigenvalue weighted by molar-refractivity contribution is 7.92. The Kier molecular flexibility index (Phi) is 6.92. The quantitative estimate of drug-likeness (QED) is 0.437. The van der Waals surface area contributed by atoms with Gasteiger partial charge in [0.15, 0.2) is 0 Å². The molecule has 182 valence electrons. The van der Waals surface area contributed by atoms with Gasteiger partial charge in [0.2, 0.25) is 0 Å². The van der Waals surface area contributed by atoms with E-state index in [1.54, 1.807) is 48.5 Å². The summed E-state index contributed by atoms with van der Waals surface area (Å²) in [5.74, 6) is 0.0403. The third-order valence-corrected chi connectivity index (χ3v) is 7.30. The maximum absolute atomic E-state index is 13.1. The number of anilines is 3. The van der Waals surface area contributed by atoms with Crippen molar-refractivity contribution in [2.75, 3.05) is 29.1 Å². The zero-order chi connectivity index (χ0) is 25.0. The van der Waals surface area contributed by atoms with E-state index in [2.05, 4.69) is 16.0 Å². The largest absolute Gasteiger partial charge is 0.495 e. The molecule has 3 aromatic carbocycles. The maximum atomic E-state index is 13.1. The van der Waals surface area contributed by atoms with Crippen LogP contribution >= 0.6 is 0 Å². The zero-order valence-corrected chi connectivity index (χ0v) is 20.1. The number of nitrogens with one attached hydrogen (secondary N) is 3. The van der Waals surface area contributed by atoms with Gasteiger partial charge < -0.3 is 20.7 Å². The third kappa shape index (κ3) is 5.72. The Morgan fingerprint density at radius 3 is 2.09 bits per heavy atom. The number of ether oxygens (including phenoxy) is 1. The summed E-state index contributed by atoms with van der Waals surface area (Å²) >= 11 is 0. The summed E-state index contributed by atoms with van der Waals surface area (Å²) in [6.45, 7) is 0. The summed E-state index contributed by atoms with van der Waals surface area (Å²) in [4.78, 5) is 24.5. The van der Waals surface area contributed by atoms with E-state index >= 15 is 0 Å². The molecule has 3 amide bonds. The molecule has 0 aromatic heterocycles. The SMILES string of the molecule is COc1ccccc1N(C)S(=O)(=O)c1ccc(C(=O)Nc2ccc(NC(=O)NC3CC3)cc2)cc1. The van der Waals surface area contributed by atoms with Crippen molar-refractivity contribution in [1.29, 1.82) is 0 Å². The van der Waals surface area contributed by atoms with Crippen molar-refractivity contribution in [2.24, 2.45) is 0 Å². The van der Waals surface area contributed by atoms with Crippen molar-refractivity contribution in [1.82, 2.24) is 5.32 Å². The summed E-state index contributed by atoms with van der Waals surface area (Å²) in [7, 11) is -0.941. The van der Waals surface area contributed by atoms with Crippen LogP contribution in [0.4, 0.5) is 21.9 Å². The first-order valence-corrected chi connectivity index (χ1v) is 12.4. The molecule has 0 saturated heterocycles. The highest BCUT2D eigenvalue weighted by Gasteiger charge is 2.24. The van der Waals surface area contributed by atoms with Crippen molar-refractivity contribution in [3.8, 4) is 5.75 Å². The van der Waals surface area contributed by atoms with Gasteiger partial charge in [-0.15, -0.1) is 0 Å². The molecule has 0 unspecified atom stereocenters. The lowest BCUT2D eigenvalue weighted by atomic mass is 10.2. The summed E-state index contributed by atoms with van der Waals surface area (Å²) in [6.07, 6.45) is 2.01. The molecule has 10 heteroatoms. The van der Waals surface area contributed by atoms with Gasteiger partial charge in [0.1, 0.15) is 5.75 Å². The number of carbonyl (C=O) groups excluding carboxylic acids is 2. The van der Waals surface area contributed by atoms with Crippen molar-refractivity contribution in [3.63, 3.8) is 0 Å². The topological polar surface area (TPSA) is 117 Å². The number of amides is 3. The number of urea groups is 1. The molecule has 4 rings (SSSR count). The van der Waals surface area contributed by atoms with Crippen LogP contribution in [0.3, 0.4) is 0 Å². The van der Waals surface area contributed by atoms with Crippen molar-refractivity contribution >= 4 is 39.0 Å². The van der Waals surface area contributed by atoms with Crippen LogP contribution in [0.1, 0.15) is 23.2 Å². The first-order chi connectivity index (χ1) is 16.8. The van der Waals surface area contributed by atoms with Crippen LogP contribution in [0, 0.1) is 0 Å². The Hall–Kier alpha value is -4.05. The second kappa shape index (κ2) is 10.1. The van der Waals surface area contributed by atoms with Gasteiger partial charge in [0.25, 0.3) is 15.9 Å². The second-order valence-corrected chi connectivity index (χ2v) is 10.0. The molecule has 0 heterocycles. The van der Waals surface area contributed by atoms with Gasteiger partial charge in [0.05, 0.1) is 17.7 Å². The fourth-order valence-electron chi connectivity index (χ4n) is 3.38. The molecule has 0 atom stereocenters. The molecular formula is C25H26N4O5S. The first-order valence-electron chi connectivity index (χ1n) is 11.0. The Morgan fingerprint density at radius 1 is 0.886 bits per heavy atom. The minimum Gasteiger partial charge on any atom is -0.495 e. The van der Waals surface area contributed by atoms with Crippen molar-refractivity contribution in [2.45, 2.75) is 23.8 Å². The summed E-state index contributed by atoms with van der Waals surface area (Å²) in [5.41, 5.74) is 1.85. The lowest BCUT2D eigenvalue weighted by Gasteiger charge is -2.21. The number of para-hydroxylation sites is 2. The lowest BCUT2D eigenvalue weighted by Crippen LogP contribution is -2.30. The highest BCUT2D eigenvalue weighted by Crippen LogP contribution is 2.31. The fourth-order valence-corrected chi connectivity index (χ4v) is 4.58. The van der Waals surface area contributed by atoms with Gasteiger partial charge >= 0.3 is 6.03 Å². The average molecular weight is 495 g/mol. The highest BCUT2D eigenvalue weighted by atomic mass is 32.2. The van der Waals surface area contributed by atoms with E-state index in [-0.39, 0.29) is 22.9 Å². The average Bonchev–Trinajstić information content (AvgIpc) is 3.68. The monoisotopic (exact) mass is 494 g/mol. The second-order valence-electron chi connectivity index (χ2n) is 8.07. The Bertz CT molecular complexity index is 1320. The molecule has 0 radical (unpaired) electrons. The Morgan fingerprint density at radius 2 is 1.49 bits per heavy atom. The van der Waals surface area contributed by atoms with Crippen molar-refractivity contribution in [3.05, 3.63) is 78.4 Å². The number of carbonyl (C=O) groups is 2. The summed E-state index contributed by atoms with van der Waals surface area (Å²) in [5, 5.41) is 8.34. The number of rotatable bonds is 8.